The highest BCUT2D eigenvalue weighted by molar-refractivity contribution is 7.85. The van der Waals surface area contributed by atoms with Gasteiger partial charge in [0.15, 0.2) is 11.7 Å². The molecule has 1 aliphatic heterocycles. The van der Waals surface area contributed by atoms with Crippen molar-refractivity contribution in [3.63, 3.8) is 0 Å². The molecule has 0 aromatic heterocycles. The van der Waals surface area contributed by atoms with Gasteiger partial charge in [0, 0.05) is 13.8 Å². The molecule has 1 aliphatic rings. The molecule has 196 valence electrons. The van der Waals surface area contributed by atoms with Crippen molar-refractivity contribution >= 4 is 22.1 Å². The van der Waals surface area contributed by atoms with Gasteiger partial charge in [0.1, 0.15) is 12.7 Å². The van der Waals surface area contributed by atoms with E-state index in [1.807, 2.05) is 60.7 Å². The first-order chi connectivity index (χ1) is 17.1. The molecule has 2 aromatic carbocycles. The smallest absolute Gasteiger partial charge is 0.305 e. The van der Waals surface area contributed by atoms with E-state index in [2.05, 4.69) is 0 Å². The molecular weight excluding hydrogens is 492 g/mol. The molecule has 11 heteroatoms. The van der Waals surface area contributed by atoms with Crippen molar-refractivity contribution in [2.45, 2.75) is 51.2 Å². The molecule has 10 nitrogen and oxygen atoms in total. The van der Waals surface area contributed by atoms with Gasteiger partial charge in [-0.3, -0.25) is 13.8 Å². The van der Waals surface area contributed by atoms with Crippen LogP contribution in [0.5, 0.6) is 0 Å². The first-order valence-corrected chi connectivity index (χ1v) is 13.0. The van der Waals surface area contributed by atoms with E-state index in [-0.39, 0.29) is 19.8 Å². The fourth-order valence-corrected chi connectivity index (χ4v) is 4.19. The van der Waals surface area contributed by atoms with Crippen LogP contribution in [0.1, 0.15) is 25.0 Å². The molecule has 0 bridgehead atoms. The summed E-state index contributed by atoms with van der Waals surface area (Å²) in [4.78, 5) is 23.7. The van der Waals surface area contributed by atoms with Crippen molar-refractivity contribution in [3.8, 4) is 0 Å². The number of ether oxygens (including phenoxy) is 5. The summed E-state index contributed by atoms with van der Waals surface area (Å²) in [6.45, 7) is 1.86. The topological polar surface area (TPSA) is 124 Å². The van der Waals surface area contributed by atoms with E-state index in [1.54, 1.807) is 0 Å². The Hall–Kier alpha value is -2.83. The van der Waals surface area contributed by atoms with E-state index in [0.717, 1.165) is 17.4 Å². The van der Waals surface area contributed by atoms with Crippen molar-refractivity contribution in [2.75, 3.05) is 19.5 Å². The molecule has 36 heavy (non-hydrogen) atoms. The minimum absolute atomic E-state index is 0.0682. The summed E-state index contributed by atoms with van der Waals surface area (Å²) < 4.78 is 57.7. The predicted octanol–water partition coefficient (Wildman–Crippen LogP) is 2.35. The lowest BCUT2D eigenvalue weighted by Crippen LogP contribution is -2.53. The molecule has 0 radical (unpaired) electrons. The first-order valence-electron chi connectivity index (χ1n) is 11.2. The third-order valence-corrected chi connectivity index (χ3v) is 5.81. The molecule has 3 rings (SSSR count). The fraction of sp³-hybridized carbons (Fsp3) is 0.440. The Balaban J connectivity index is 1.94. The van der Waals surface area contributed by atoms with Crippen molar-refractivity contribution < 1.29 is 45.9 Å². The van der Waals surface area contributed by atoms with Gasteiger partial charge >= 0.3 is 11.9 Å². The lowest BCUT2D eigenvalue weighted by Gasteiger charge is -2.33. The second kappa shape index (κ2) is 12.4. The maximum absolute atomic E-state index is 11.9. The number of hydrogen-bond donors (Lipinski definition) is 0. The molecule has 2 aromatic rings. The molecule has 0 N–H and O–H groups in total. The van der Waals surface area contributed by atoms with E-state index in [4.69, 9.17) is 27.9 Å². The van der Waals surface area contributed by atoms with Gasteiger partial charge in [0.25, 0.3) is 10.1 Å². The number of hydrogen-bond acceptors (Lipinski definition) is 10. The Morgan fingerprint density at radius 1 is 0.861 bits per heavy atom. The van der Waals surface area contributed by atoms with E-state index in [0.29, 0.717) is 0 Å². The Kier molecular flexibility index (Phi) is 9.57. The molecule has 0 aliphatic carbocycles. The summed E-state index contributed by atoms with van der Waals surface area (Å²) in [6.07, 6.45) is -2.80. The Morgan fingerprint density at radius 2 is 1.42 bits per heavy atom. The van der Waals surface area contributed by atoms with Crippen LogP contribution in [-0.4, -0.2) is 63.9 Å². The van der Waals surface area contributed by atoms with Gasteiger partial charge in [-0.1, -0.05) is 60.7 Å². The van der Waals surface area contributed by atoms with Crippen LogP contribution < -0.4 is 0 Å². The highest BCUT2D eigenvalue weighted by Crippen LogP contribution is 2.38. The summed E-state index contributed by atoms with van der Waals surface area (Å²) >= 11 is 0. The van der Waals surface area contributed by atoms with Crippen LogP contribution >= 0.6 is 0 Å². The minimum atomic E-state index is -3.91. The largest absolute Gasteiger partial charge is 0.453 e. The van der Waals surface area contributed by atoms with Gasteiger partial charge in [-0.15, -0.1) is 0 Å². The normalized spacial score (nSPS) is 23.8. The van der Waals surface area contributed by atoms with Gasteiger partial charge in [0.05, 0.1) is 26.1 Å². The number of esters is 2. The fourth-order valence-electron chi connectivity index (χ4n) is 3.77. The molecule has 0 spiro atoms. The second-order valence-corrected chi connectivity index (χ2v) is 10.0. The number of benzene rings is 2. The number of carbonyl (C=O) groups excluding carboxylic acids is 2. The molecule has 0 unspecified atom stereocenters. The van der Waals surface area contributed by atoms with Crippen LogP contribution in [0.2, 0.25) is 0 Å². The van der Waals surface area contributed by atoms with Crippen molar-refractivity contribution in [3.05, 3.63) is 71.8 Å². The van der Waals surface area contributed by atoms with Crippen LogP contribution in [0.3, 0.4) is 0 Å². The van der Waals surface area contributed by atoms with Crippen molar-refractivity contribution in [1.29, 1.82) is 0 Å². The van der Waals surface area contributed by atoms with Crippen molar-refractivity contribution in [2.24, 2.45) is 0 Å². The van der Waals surface area contributed by atoms with Crippen LogP contribution in [0.15, 0.2) is 60.7 Å². The summed E-state index contributed by atoms with van der Waals surface area (Å²) in [6, 6.07) is 18.5. The molecule has 1 heterocycles. The lowest BCUT2D eigenvalue weighted by atomic mass is 9.96. The maximum atomic E-state index is 11.9. The third kappa shape index (κ3) is 8.10. The SMILES string of the molecule is CC(=O)O[C@H]1O[C@@](COCc2ccccc2)(COS(C)(=O)=O)[C@@H](OCc2ccccc2)[C@H]1OC(C)=O. The number of rotatable bonds is 12. The Morgan fingerprint density at radius 3 is 1.94 bits per heavy atom. The molecule has 1 fully saturated rings. The summed E-state index contributed by atoms with van der Waals surface area (Å²) in [7, 11) is -3.91. The zero-order chi connectivity index (χ0) is 26.2. The predicted molar refractivity (Wildman–Crippen MR) is 127 cm³/mol. The first kappa shape index (κ1) is 27.8. The Bertz CT molecular complexity index is 1110. The van der Waals surface area contributed by atoms with Crippen LogP contribution in [0.4, 0.5) is 0 Å². The molecule has 1 saturated heterocycles. The highest BCUT2D eigenvalue weighted by atomic mass is 32.2. The third-order valence-electron chi connectivity index (χ3n) is 5.27. The summed E-state index contributed by atoms with van der Waals surface area (Å²) in [5.41, 5.74) is 0.0648. The highest BCUT2D eigenvalue weighted by Gasteiger charge is 2.60. The molecule has 0 amide bonds. The molecular formula is C25H30O10S. The minimum Gasteiger partial charge on any atom is -0.453 e. The van der Waals surface area contributed by atoms with E-state index < -0.39 is 52.8 Å². The summed E-state index contributed by atoms with van der Waals surface area (Å²) in [5.74, 6) is -1.36. The quantitative estimate of drug-likeness (QED) is 0.303. The average Bonchev–Trinajstić information content (AvgIpc) is 3.08. The van der Waals surface area contributed by atoms with E-state index >= 15 is 0 Å². The standard InChI is InChI=1S/C25H30O10S/c1-18(26)33-22-23(31-15-21-12-8-5-9-13-21)25(17-32-36(3,28)29,35-24(22)34-19(2)27)16-30-14-20-10-6-4-7-11-20/h4-13,22-24H,14-17H2,1-3H3/t22-,23+,24+,25+/m1/s1. The number of carbonyl (C=O) groups is 2. The van der Waals surface area contributed by atoms with E-state index in [1.165, 1.54) is 13.8 Å². The monoisotopic (exact) mass is 522 g/mol. The zero-order valence-corrected chi connectivity index (χ0v) is 21.1. The van der Waals surface area contributed by atoms with Gasteiger partial charge in [-0.25, -0.2) is 0 Å². The lowest BCUT2D eigenvalue weighted by molar-refractivity contribution is -0.217. The van der Waals surface area contributed by atoms with Crippen LogP contribution in [0, 0.1) is 0 Å². The Labute approximate surface area is 210 Å². The second-order valence-electron chi connectivity index (χ2n) is 8.40. The van der Waals surface area contributed by atoms with E-state index in [9.17, 15) is 18.0 Å². The van der Waals surface area contributed by atoms with Gasteiger partial charge < -0.3 is 23.7 Å². The van der Waals surface area contributed by atoms with Crippen molar-refractivity contribution in [1.82, 2.24) is 0 Å². The molecule has 4 atom stereocenters. The van der Waals surface area contributed by atoms with Gasteiger partial charge in [-0.05, 0) is 11.1 Å². The van der Waals surface area contributed by atoms with Gasteiger partial charge in [-0.2, -0.15) is 8.42 Å². The average molecular weight is 523 g/mol. The maximum Gasteiger partial charge on any atom is 0.305 e. The van der Waals surface area contributed by atoms with Crippen LogP contribution in [0.25, 0.3) is 0 Å². The van der Waals surface area contributed by atoms with Gasteiger partial charge in [0.2, 0.25) is 6.29 Å². The molecule has 0 saturated carbocycles. The zero-order valence-electron chi connectivity index (χ0n) is 20.3. The summed E-state index contributed by atoms with van der Waals surface area (Å²) in [5, 5.41) is 0. The van der Waals surface area contributed by atoms with Crippen LogP contribution in [-0.2, 0) is 60.8 Å².